The van der Waals surface area contributed by atoms with Crippen molar-refractivity contribution in [2.75, 3.05) is 42.2 Å². The summed E-state index contributed by atoms with van der Waals surface area (Å²) in [6.07, 6.45) is 0. The zero-order chi connectivity index (χ0) is 23.2. The molecule has 1 fully saturated rings. The van der Waals surface area contributed by atoms with E-state index in [0.29, 0.717) is 17.2 Å². The molecule has 32 heavy (non-hydrogen) atoms. The van der Waals surface area contributed by atoms with Crippen molar-refractivity contribution in [3.05, 3.63) is 41.0 Å². The number of ether oxygens (including phenoxy) is 6. The number of fused-ring (bicyclic) bond motifs is 2. The van der Waals surface area contributed by atoms with Crippen molar-refractivity contribution in [3.8, 4) is 28.7 Å². The van der Waals surface area contributed by atoms with Crippen LogP contribution in [0.25, 0.3) is 0 Å². The summed E-state index contributed by atoms with van der Waals surface area (Å²) in [5, 5.41) is 12.2. The van der Waals surface area contributed by atoms with Crippen LogP contribution in [0, 0.1) is 11.8 Å². The van der Waals surface area contributed by atoms with Crippen molar-refractivity contribution in [1.29, 1.82) is 0 Å². The molecule has 1 aliphatic heterocycles. The summed E-state index contributed by atoms with van der Waals surface area (Å²) in [6, 6.07) is 6.14. The number of carbonyl (C=O) groups is 2. The molecule has 170 valence electrons. The largest absolute Gasteiger partial charge is 0.493 e. The fraction of sp³-hybridized carbons (Fsp3) is 0.391. The third kappa shape index (κ3) is 2.88. The van der Waals surface area contributed by atoms with E-state index >= 15 is 0 Å². The number of aliphatic hydroxyl groups is 1. The van der Waals surface area contributed by atoms with Gasteiger partial charge in [-0.3, -0.25) is 9.59 Å². The molecule has 9 heteroatoms. The summed E-state index contributed by atoms with van der Waals surface area (Å²) >= 11 is 0. The molecule has 1 aliphatic carbocycles. The van der Waals surface area contributed by atoms with Gasteiger partial charge in [-0.2, -0.15) is 0 Å². The maximum Gasteiger partial charge on any atom is 0.313 e. The minimum Gasteiger partial charge on any atom is -0.493 e. The van der Waals surface area contributed by atoms with Crippen molar-refractivity contribution >= 4 is 11.8 Å². The predicted octanol–water partition coefficient (Wildman–Crippen LogP) is 1.95. The Morgan fingerprint density at radius 1 is 0.844 bits per heavy atom. The third-order valence-electron chi connectivity index (χ3n) is 6.15. The van der Waals surface area contributed by atoms with Crippen LogP contribution < -0.4 is 23.7 Å². The highest BCUT2D eigenvalue weighted by Crippen LogP contribution is 2.54. The van der Waals surface area contributed by atoms with Crippen LogP contribution in [0.5, 0.6) is 28.7 Å². The van der Waals surface area contributed by atoms with E-state index in [1.807, 2.05) is 0 Å². The first-order valence-corrected chi connectivity index (χ1v) is 9.85. The Hall–Kier alpha value is -3.46. The van der Waals surface area contributed by atoms with Crippen molar-refractivity contribution in [1.82, 2.24) is 0 Å². The minimum absolute atomic E-state index is 0.122. The Balaban J connectivity index is 2.07. The Kier molecular flexibility index (Phi) is 5.37. The van der Waals surface area contributed by atoms with Crippen LogP contribution >= 0.6 is 0 Å². The normalized spacial score (nSPS) is 23.7. The van der Waals surface area contributed by atoms with Gasteiger partial charge in [-0.15, -0.1) is 0 Å². The average molecular weight is 444 g/mol. The van der Waals surface area contributed by atoms with Crippen molar-refractivity contribution < 1.29 is 43.1 Å². The first-order chi connectivity index (χ1) is 15.3. The molecular formula is C23H24O9. The van der Waals surface area contributed by atoms with Gasteiger partial charge in [0.2, 0.25) is 5.75 Å². The number of carbonyl (C=O) groups excluding carboxylic acids is 2. The molecular weight excluding hydrogens is 420 g/mol. The van der Waals surface area contributed by atoms with Gasteiger partial charge < -0.3 is 33.5 Å². The minimum atomic E-state index is -1.94. The summed E-state index contributed by atoms with van der Waals surface area (Å²) in [5.41, 5.74) is -1.23. The first-order valence-electron chi connectivity index (χ1n) is 9.85. The highest BCUT2D eigenvalue weighted by atomic mass is 16.5. The molecule has 0 aromatic heterocycles. The molecule has 1 N–H and O–H groups in total. The molecule has 2 aliphatic rings. The number of ketones is 1. The van der Waals surface area contributed by atoms with Gasteiger partial charge in [0.1, 0.15) is 18.1 Å². The molecule has 0 amide bonds. The predicted molar refractivity (Wildman–Crippen MR) is 111 cm³/mol. The van der Waals surface area contributed by atoms with E-state index in [0.717, 1.165) is 0 Å². The SMILES string of the molecule is COc1cc2c(cc1OC)[C@@](O)(c1cc(OC)c(OC)c(OC)c1)[C@H]1C(=O)OC[C@H]1C2=O. The number of cyclic esters (lactones) is 1. The number of esters is 1. The Morgan fingerprint density at radius 2 is 1.41 bits per heavy atom. The average Bonchev–Trinajstić information content (AvgIpc) is 3.22. The molecule has 0 saturated carbocycles. The van der Waals surface area contributed by atoms with E-state index in [1.165, 1.54) is 47.7 Å². The van der Waals surface area contributed by atoms with Crippen LogP contribution in [0.3, 0.4) is 0 Å². The summed E-state index contributed by atoms with van der Waals surface area (Å²) in [6.45, 7) is -0.122. The quantitative estimate of drug-likeness (QED) is 0.669. The van der Waals surface area contributed by atoms with E-state index < -0.39 is 23.4 Å². The van der Waals surface area contributed by atoms with Gasteiger partial charge in [0.05, 0.1) is 41.5 Å². The van der Waals surface area contributed by atoms with E-state index in [4.69, 9.17) is 28.4 Å². The Bertz CT molecular complexity index is 1070. The smallest absolute Gasteiger partial charge is 0.313 e. The highest BCUT2D eigenvalue weighted by molar-refractivity contribution is 6.06. The van der Waals surface area contributed by atoms with E-state index in [9.17, 15) is 14.7 Å². The number of hydrogen-bond acceptors (Lipinski definition) is 9. The monoisotopic (exact) mass is 444 g/mol. The second-order valence-corrected chi connectivity index (χ2v) is 7.51. The van der Waals surface area contributed by atoms with Crippen LogP contribution in [0.2, 0.25) is 0 Å². The lowest BCUT2D eigenvalue weighted by Crippen LogP contribution is -2.49. The lowest BCUT2D eigenvalue weighted by atomic mass is 9.63. The van der Waals surface area contributed by atoms with Gasteiger partial charge in [0.25, 0.3) is 0 Å². The van der Waals surface area contributed by atoms with Gasteiger partial charge in [-0.1, -0.05) is 0 Å². The van der Waals surface area contributed by atoms with Crippen LogP contribution in [-0.4, -0.2) is 59.0 Å². The number of benzene rings is 2. The number of hydrogen-bond donors (Lipinski definition) is 1. The number of methoxy groups -OCH3 is 5. The molecule has 3 atom stereocenters. The number of Topliss-reactive ketones (excluding diaryl/α,β-unsaturated/α-hetero) is 1. The third-order valence-corrected chi connectivity index (χ3v) is 6.15. The molecule has 4 rings (SSSR count). The Labute approximate surface area is 184 Å². The van der Waals surface area contributed by atoms with E-state index in [1.54, 1.807) is 12.1 Å². The van der Waals surface area contributed by atoms with E-state index in [2.05, 4.69) is 0 Å². The van der Waals surface area contributed by atoms with Crippen LogP contribution in [-0.2, 0) is 15.1 Å². The molecule has 0 spiro atoms. The second kappa shape index (κ2) is 7.90. The zero-order valence-corrected chi connectivity index (χ0v) is 18.4. The molecule has 0 unspecified atom stereocenters. The summed E-state index contributed by atoms with van der Waals surface area (Å²) in [7, 11) is 7.26. The molecule has 2 aromatic rings. The molecule has 0 radical (unpaired) electrons. The zero-order valence-electron chi connectivity index (χ0n) is 18.4. The standard InChI is InChI=1S/C23H24O9/c1-27-15-8-12-14(9-16(15)28-2)23(26,19-13(20(12)24)10-32-22(19)25)11-6-17(29-3)21(31-5)18(7-11)30-4/h6-9,13,19,26H,10H2,1-5H3/t13-,19-,23+/m1/s1. The molecule has 2 aromatic carbocycles. The van der Waals surface area contributed by atoms with Crippen molar-refractivity contribution in [2.24, 2.45) is 11.8 Å². The maximum atomic E-state index is 13.3. The Morgan fingerprint density at radius 3 is 1.94 bits per heavy atom. The van der Waals surface area contributed by atoms with Gasteiger partial charge in [-0.25, -0.2) is 0 Å². The van der Waals surface area contributed by atoms with Crippen molar-refractivity contribution in [2.45, 2.75) is 5.60 Å². The van der Waals surface area contributed by atoms with E-state index in [-0.39, 0.29) is 40.6 Å². The van der Waals surface area contributed by atoms with Gasteiger partial charge in [0, 0.05) is 11.1 Å². The first kappa shape index (κ1) is 21.8. The fourth-order valence-electron chi connectivity index (χ4n) is 4.61. The fourth-order valence-corrected chi connectivity index (χ4v) is 4.61. The van der Waals surface area contributed by atoms with Crippen LogP contribution in [0.15, 0.2) is 24.3 Å². The molecule has 1 heterocycles. The summed E-state index contributed by atoms with van der Waals surface area (Å²) < 4.78 is 32.2. The highest BCUT2D eigenvalue weighted by Gasteiger charge is 2.60. The molecule has 0 bridgehead atoms. The van der Waals surface area contributed by atoms with Gasteiger partial charge >= 0.3 is 5.97 Å². The van der Waals surface area contributed by atoms with Gasteiger partial charge in [0.15, 0.2) is 28.8 Å². The summed E-state index contributed by atoms with van der Waals surface area (Å²) in [4.78, 5) is 26.1. The lowest BCUT2D eigenvalue weighted by Gasteiger charge is -2.40. The van der Waals surface area contributed by atoms with Crippen LogP contribution in [0.4, 0.5) is 0 Å². The van der Waals surface area contributed by atoms with Gasteiger partial charge in [-0.05, 0) is 29.8 Å². The topological polar surface area (TPSA) is 110 Å². The maximum absolute atomic E-state index is 13.3. The van der Waals surface area contributed by atoms with Crippen LogP contribution in [0.1, 0.15) is 21.5 Å². The lowest BCUT2D eigenvalue weighted by molar-refractivity contribution is -0.147. The van der Waals surface area contributed by atoms with Crippen molar-refractivity contribution in [3.63, 3.8) is 0 Å². The molecule has 9 nitrogen and oxygen atoms in total. The summed E-state index contributed by atoms with van der Waals surface area (Å²) in [5.74, 6) is -1.47. The molecule has 1 saturated heterocycles. The number of rotatable bonds is 6. The second-order valence-electron chi connectivity index (χ2n) is 7.51.